The highest BCUT2D eigenvalue weighted by molar-refractivity contribution is 5.69. The van der Waals surface area contributed by atoms with Crippen LogP contribution in [-0.2, 0) is 14.3 Å². The van der Waals surface area contributed by atoms with Gasteiger partial charge in [-0.1, -0.05) is 20.3 Å². The number of ether oxygens (including phenoxy) is 2. The smallest absolute Gasteiger partial charge is 0.306 e. The number of hydrogen-bond acceptors (Lipinski definition) is 3. The van der Waals surface area contributed by atoms with E-state index in [-0.39, 0.29) is 12.1 Å². The van der Waals surface area contributed by atoms with Gasteiger partial charge < -0.3 is 9.47 Å². The summed E-state index contributed by atoms with van der Waals surface area (Å²) in [6.07, 6.45) is 6.16. The summed E-state index contributed by atoms with van der Waals surface area (Å²) < 4.78 is 11.4. The number of methoxy groups -OCH3 is 1. The largest absolute Gasteiger partial charge is 0.459 e. The van der Waals surface area contributed by atoms with Crippen molar-refractivity contribution >= 4 is 5.97 Å². The average molecular weight is 270 g/mol. The molecule has 0 heterocycles. The maximum absolute atomic E-state index is 11.8. The molecule has 0 bridgehead atoms. The van der Waals surface area contributed by atoms with E-state index in [4.69, 9.17) is 9.47 Å². The zero-order chi connectivity index (χ0) is 14.5. The van der Waals surface area contributed by atoms with Crippen LogP contribution in [-0.4, -0.2) is 24.8 Å². The summed E-state index contributed by atoms with van der Waals surface area (Å²) >= 11 is 0. The molecule has 0 spiro atoms. The first-order chi connectivity index (χ1) is 8.94. The molecule has 1 aliphatic carbocycles. The molecule has 0 amide bonds. The van der Waals surface area contributed by atoms with Gasteiger partial charge in [0, 0.05) is 19.4 Å². The van der Waals surface area contributed by atoms with Crippen LogP contribution in [0.1, 0.15) is 66.2 Å². The Bertz CT molecular complexity index is 286. The predicted octanol–water partition coefficient (Wildman–Crippen LogP) is 3.95. The normalized spacial score (nSPS) is 28.2. The van der Waals surface area contributed by atoms with E-state index in [9.17, 15) is 4.79 Å². The van der Waals surface area contributed by atoms with Gasteiger partial charge in [0.1, 0.15) is 5.60 Å². The van der Waals surface area contributed by atoms with Crippen molar-refractivity contribution in [2.45, 2.75) is 77.9 Å². The monoisotopic (exact) mass is 270 g/mol. The number of rotatable bonds is 6. The van der Waals surface area contributed by atoms with Crippen LogP contribution >= 0.6 is 0 Å². The molecule has 1 rings (SSSR count). The number of carbonyl (C=O) groups excluding carboxylic acids is 1. The topological polar surface area (TPSA) is 35.5 Å². The summed E-state index contributed by atoms with van der Waals surface area (Å²) in [6.45, 7) is 8.30. The van der Waals surface area contributed by atoms with Crippen molar-refractivity contribution < 1.29 is 14.3 Å². The van der Waals surface area contributed by atoms with Crippen LogP contribution in [0.25, 0.3) is 0 Å². The van der Waals surface area contributed by atoms with Crippen molar-refractivity contribution in [2.24, 2.45) is 11.8 Å². The van der Waals surface area contributed by atoms with Crippen LogP contribution < -0.4 is 0 Å². The third-order valence-corrected chi connectivity index (χ3v) is 4.50. The molecule has 0 aliphatic heterocycles. The molecular formula is C16H30O3. The third kappa shape index (κ3) is 4.48. The van der Waals surface area contributed by atoms with E-state index in [2.05, 4.69) is 6.92 Å². The Morgan fingerprint density at radius 2 is 1.95 bits per heavy atom. The number of carbonyl (C=O) groups is 1. The second-order valence-electron chi connectivity index (χ2n) is 6.30. The molecule has 1 saturated carbocycles. The molecule has 3 unspecified atom stereocenters. The molecule has 0 N–H and O–H groups in total. The zero-order valence-electron chi connectivity index (χ0n) is 13.2. The molecular weight excluding hydrogens is 240 g/mol. The SMILES string of the molecule is CCCC(=O)OC(C)(C)C1CCC(CC)CC1OC. The first-order valence-electron chi connectivity index (χ1n) is 7.69. The molecule has 1 fully saturated rings. The van der Waals surface area contributed by atoms with Gasteiger partial charge in [0.2, 0.25) is 0 Å². The second kappa shape index (κ2) is 7.28. The molecule has 19 heavy (non-hydrogen) atoms. The quantitative estimate of drug-likeness (QED) is 0.686. The summed E-state index contributed by atoms with van der Waals surface area (Å²) in [5.74, 6) is 0.976. The van der Waals surface area contributed by atoms with E-state index < -0.39 is 5.60 Å². The minimum atomic E-state index is -0.425. The fraction of sp³-hybridized carbons (Fsp3) is 0.938. The first-order valence-corrected chi connectivity index (χ1v) is 7.69. The summed E-state index contributed by atoms with van der Waals surface area (Å²) in [7, 11) is 1.78. The fourth-order valence-electron chi connectivity index (χ4n) is 3.26. The highest BCUT2D eigenvalue weighted by atomic mass is 16.6. The second-order valence-corrected chi connectivity index (χ2v) is 6.30. The molecule has 3 atom stereocenters. The molecule has 0 radical (unpaired) electrons. The lowest BCUT2D eigenvalue weighted by atomic mass is 9.72. The Kier molecular flexibility index (Phi) is 6.31. The van der Waals surface area contributed by atoms with Crippen LogP contribution in [0.5, 0.6) is 0 Å². The van der Waals surface area contributed by atoms with E-state index >= 15 is 0 Å². The Balaban J connectivity index is 2.67. The highest BCUT2D eigenvalue weighted by Gasteiger charge is 2.42. The van der Waals surface area contributed by atoms with Gasteiger partial charge >= 0.3 is 5.97 Å². The van der Waals surface area contributed by atoms with Gasteiger partial charge in [-0.2, -0.15) is 0 Å². The molecule has 0 aromatic heterocycles. The van der Waals surface area contributed by atoms with Gasteiger partial charge in [0.05, 0.1) is 6.10 Å². The lowest BCUT2D eigenvalue weighted by Gasteiger charge is -2.43. The van der Waals surface area contributed by atoms with E-state index in [0.29, 0.717) is 12.3 Å². The average Bonchev–Trinajstić information content (AvgIpc) is 2.37. The lowest BCUT2D eigenvalue weighted by Crippen LogP contribution is -2.46. The van der Waals surface area contributed by atoms with Crippen LogP contribution in [0.4, 0.5) is 0 Å². The Morgan fingerprint density at radius 3 is 2.47 bits per heavy atom. The number of esters is 1. The minimum Gasteiger partial charge on any atom is -0.459 e. The van der Waals surface area contributed by atoms with Crippen LogP contribution in [0.3, 0.4) is 0 Å². The van der Waals surface area contributed by atoms with Crippen molar-refractivity contribution in [2.75, 3.05) is 7.11 Å². The maximum Gasteiger partial charge on any atom is 0.306 e. The van der Waals surface area contributed by atoms with Gasteiger partial charge in [-0.3, -0.25) is 4.79 Å². The predicted molar refractivity (Wildman–Crippen MR) is 77.0 cm³/mol. The fourth-order valence-corrected chi connectivity index (χ4v) is 3.26. The molecule has 1 aliphatic rings. The zero-order valence-corrected chi connectivity index (χ0v) is 13.2. The molecule has 0 aromatic carbocycles. The van der Waals surface area contributed by atoms with Crippen molar-refractivity contribution in [3.63, 3.8) is 0 Å². The van der Waals surface area contributed by atoms with Crippen molar-refractivity contribution in [3.8, 4) is 0 Å². The molecule has 3 heteroatoms. The lowest BCUT2D eigenvalue weighted by molar-refractivity contribution is -0.171. The Morgan fingerprint density at radius 1 is 1.26 bits per heavy atom. The van der Waals surface area contributed by atoms with Crippen LogP contribution in [0.15, 0.2) is 0 Å². The standard InChI is InChI=1S/C16H30O3/c1-6-8-15(17)19-16(3,4)13-10-9-12(7-2)11-14(13)18-5/h12-14H,6-11H2,1-5H3. The summed E-state index contributed by atoms with van der Waals surface area (Å²) in [6, 6.07) is 0. The van der Waals surface area contributed by atoms with Crippen LogP contribution in [0.2, 0.25) is 0 Å². The van der Waals surface area contributed by atoms with Crippen molar-refractivity contribution in [1.82, 2.24) is 0 Å². The van der Waals surface area contributed by atoms with Crippen molar-refractivity contribution in [1.29, 1.82) is 0 Å². The van der Waals surface area contributed by atoms with E-state index in [1.807, 2.05) is 20.8 Å². The molecule has 0 saturated heterocycles. The number of hydrogen-bond donors (Lipinski definition) is 0. The van der Waals surface area contributed by atoms with E-state index in [1.165, 1.54) is 12.8 Å². The first kappa shape index (κ1) is 16.5. The molecule has 112 valence electrons. The third-order valence-electron chi connectivity index (χ3n) is 4.50. The van der Waals surface area contributed by atoms with E-state index in [0.717, 1.165) is 25.2 Å². The van der Waals surface area contributed by atoms with Gasteiger partial charge in [0.25, 0.3) is 0 Å². The van der Waals surface area contributed by atoms with Crippen molar-refractivity contribution in [3.05, 3.63) is 0 Å². The minimum absolute atomic E-state index is 0.0834. The van der Waals surface area contributed by atoms with Gasteiger partial charge in [-0.15, -0.1) is 0 Å². The summed E-state index contributed by atoms with van der Waals surface area (Å²) in [5.41, 5.74) is -0.425. The molecule has 0 aromatic rings. The highest BCUT2D eigenvalue weighted by Crippen LogP contribution is 2.40. The van der Waals surface area contributed by atoms with Crippen LogP contribution in [0, 0.1) is 11.8 Å². The maximum atomic E-state index is 11.8. The van der Waals surface area contributed by atoms with Gasteiger partial charge in [-0.05, 0) is 45.4 Å². The van der Waals surface area contributed by atoms with Gasteiger partial charge in [-0.25, -0.2) is 0 Å². The van der Waals surface area contributed by atoms with E-state index in [1.54, 1.807) is 7.11 Å². The molecule has 3 nitrogen and oxygen atoms in total. The Labute approximate surface area is 118 Å². The summed E-state index contributed by atoms with van der Waals surface area (Å²) in [4.78, 5) is 11.8. The summed E-state index contributed by atoms with van der Waals surface area (Å²) in [5, 5.41) is 0. The van der Waals surface area contributed by atoms with Gasteiger partial charge in [0.15, 0.2) is 0 Å². The Hall–Kier alpha value is -0.570.